The maximum atomic E-state index is 11.1. The minimum atomic E-state index is -0.876. The van der Waals surface area contributed by atoms with Crippen molar-refractivity contribution < 1.29 is 14.6 Å². The molecule has 0 spiro atoms. The molecule has 0 aromatic heterocycles. The van der Waals surface area contributed by atoms with Gasteiger partial charge in [0.2, 0.25) is 0 Å². The molecule has 0 aliphatic rings. The first-order chi connectivity index (χ1) is 7.54. The van der Waals surface area contributed by atoms with Gasteiger partial charge in [-0.15, -0.1) is 0 Å². The summed E-state index contributed by atoms with van der Waals surface area (Å²) in [6.07, 6.45) is 0. The van der Waals surface area contributed by atoms with E-state index in [1.807, 2.05) is 13.8 Å². The number of carbonyl (C=O) groups is 1. The number of methoxy groups -OCH3 is 1. The molecule has 1 unspecified atom stereocenters. The Kier molecular flexibility index (Phi) is 4.31. The summed E-state index contributed by atoms with van der Waals surface area (Å²) >= 11 is 0. The summed E-state index contributed by atoms with van der Waals surface area (Å²) in [4.78, 5) is 11.1. The molecular formula is C12H17NO3. The van der Waals surface area contributed by atoms with Gasteiger partial charge in [0.15, 0.2) is 0 Å². The van der Waals surface area contributed by atoms with Gasteiger partial charge in [-0.25, -0.2) is 0 Å². The van der Waals surface area contributed by atoms with E-state index in [9.17, 15) is 4.79 Å². The first kappa shape index (κ1) is 12.5. The molecule has 1 aromatic rings. The monoisotopic (exact) mass is 223 g/mol. The number of ether oxygens (including phenoxy) is 1. The van der Waals surface area contributed by atoms with E-state index in [4.69, 9.17) is 9.84 Å². The van der Waals surface area contributed by atoms with Crippen LogP contribution in [0.1, 0.15) is 25.5 Å². The van der Waals surface area contributed by atoms with Gasteiger partial charge in [-0.1, -0.05) is 12.1 Å². The van der Waals surface area contributed by atoms with Crippen molar-refractivity contribution in [2.24, 2.45) is 0 Å². The Labute approximate surface area is 95.2 Å². The molecule has 0 aliphatic carbocycles. The van der Waals surface area contributed by atoms with Crippen LogP contribution in [0, 0.1) is 0 Å². The van der Waals surface area contributed by atoms with Crippen LogP contribution in [-0.4, -0.2) is 24.2 Å². The third kappa shape index (κ3) is 3.24. The zero-order valence-electron chi connectivity index (χ0n) is 9.73. The fraction of sp³-hybridized carbons (Fsp3) is 0.417. The summed E-state index contributed by atoms with van der Waals surface area (Å²) in [5.41, 5.74) is 0.724. The van der Waals surface area contributed by atoms with Crippen LogP contribution in [0.15, 0.2) is 24.3 Å². The van der Waals surface area contributed by atoms with Crippen LogP contribution in [0.3, 0.4) is 0 Å². The first-order valence-corrected chi connectivity index (χ1v) is 5.17. The van der Waals surface area contributed by atoms with Gasteiger partial charge in [0, 0.05) is 6.04 Å². The Morgan fingerprint density at radius 1 is 1.31 bits per heavy atom. The molecule has 16 heavy (non-hydrogen) atoms. The van der Waals surface area contributed by atoms with E-state index in [2.05, 4.69) is 5.32 Å². The van der Waals surface area contributed by atoms with E-state index in [1.54, 1.807) is 31.4 Å². The third-order valence-corrected chi connectivity index (χ3v) is 2.20. The highest BCUT2D eigenvalue weighted by atomic mass is 16.5. The van der Waals surface area contributed by atoms with Crippen molar-refractivity contribution in [2.75, 3.05) is 7.11 Å². The Bertz CT molecular complexity index is 346. The average Bonchev–Trinajstić information content (AvgIpc) is 2.25. The SMILES string of the molecule is COc1ccc(C(NC(C)C)C(=O)O)cc1. The number of benzene rings is 1. The largest absolute Gasteiger partial charge is 0.497 e. The van der Waals surface area contributed by atoms with Gasteiger partial charge in [-0.3, -0.25) is 10.1 Å². The molecule has 0 aliphatic heterocycles. The molecule has 1 rings (SSSR count). The summed E-state index contributed by atoms with van der Waals surface area (Å²) in [5, 5.41) is 12.1. The number of hydrogen-bond donors (Lipinski definition) is 2. The smallest absolute Gasteiger partial charge is 0.325 e. The second-order valence-corrected chi connectivity index (χ2v) is 3.87. The van der Waals surface area contributed by atoms with Crippen molar-refractivity contribution in [2.45, 2.75) is 25.9 Å². The lowest BCUT2D eigenvalue weighted by molar-refractivity contribution is -0.139. The molecule has 0 radical (unpaired) electrons. The van der Waals surface area contributed by atoms with Gasteiger partial charge in [-0.05, 0) is 31.5 Å². The van der Waals surface area contributed by atoms with Gasteiger partial charge in [-0.2, -0.15) is 0 Å². The molecule has 0 saturated heterocycles. The molecule has 0 bridgehead atoms. The Morgan fingerprint density at radius 2 is 1.88 bits per heavy atom. The third-order valence-electron chi connectivity index (χ3n) is 2.20. The van der Waals surface area contributed by atoms with Crippen LogP contribution in [0.4, 0.5) is 0 Å². The fourth-order valence-corrected chi connectivity index (χ4v) is 1.44. The summed E-state index contributed by atoms with van der Waals surface area (Å²) in [6.45, 7) is 3.83. The lowest BCUT2D eigenvalue weighted by Crippen LogP contribution is -2.33. The van der Waals surface area contributed by atoms with Crippen molar-refractivity contribution in [1.29, 1.82) is 0 Å². The molecule has 0 fully saturated rings. The van der Waals surface area contributed by atoms with E-state index in [0.717, 1.165) is 11.3 Å². The van der Waals surface area contributed by atoms with Gasteiger partial charge in [0.1, 0.15) is 11.8 Å². The van der Waals surface area contributed by atoms with Gasteiger partial charge >= 0.3 is 5.97 Å². The summed E-state index contributed by atoms with van der Waals surface area (Å²) in [7, 11) is 1.58. The molecular weight excluding hydrogens is 206 g/mol. The molecule has 4 heteroatoms. The lowest BCUT2D eigenvalue weighted by Gasteiger charge is -2.17. The normalized spacial score (nSPS) is 12.5. The minimum absolute atomic E-state index is 0.114. The number of nitrogens with one attached hydrogen (secondary N) is 1. The highest BCUT2D eigenvalue weighted by Crippen LogP contribution is 2.18. The lowest BCUT2D eigenvalue weighted by atomic mass is 10.1. The second kappa shape index (κ2) is 5.51. The molecule has 88 valence electrons. The van der Waals surface area contributed by atoms with Crippen LogP contribution in [0.2, 0.25) is 0 Å². The van der Waals surface area contributed by atoms with Crippen molar-refractivity contribution in [1.82, 2.24) is 5.32 Å². The maximum Gasteiger partial charge on any atom is 0.325 e. The van der Waals surface area contributed by atoms with Crippen LogP contribution in [0.5, 0.6) is 5.75 Å². The van der Waals surface area contributed by atoms with E-state index in [0.29, 0.717) is 0 Å². The molecule has 1 atom stereocenters. The van der Waals surface area contributed by atoms with E-state index in [-0.39, 0.29) is 6.04 Å². The Morgan fingerprint density at radius 3 is 2.25 bits per heavy atom. The predicted octanol–water partition coefficient (Wildman–Crippen LogP) is 1.82. The van der Waals surface area contributed by atoms with Crippen molar-refractivity contribution >= 4 is 5.97 Å². The molecule has 1 aromatic carbocycles. The average molecular weight is 223 g/mol. The highest BCUT2D eigenvalue weighted by molar-refractivity contribution is 5.75. The second-order valence-electron chi connectivity index (χ2n) is 3.87. The standard InChI is InChI=1S/C12H17NO3/c1-8(2)13-11(12(14)15)9-4-6-10(16-3)7-5-9/h4-8,11,13H,1-3H3,(H,14,15). The fourth-order valence-electron chi connectivity index (χ4n) is 1.44. The summed E-state index contributed by atoms with van der Waals surface area (Å²) < 4.78 is 5.02. The Hall–Kier alpha value is -1.55. The van der Waals surface area contributed by atoms with Gasteiger partial charge in [0.25, 0.3) is 0 Å². The van der Waals surface area contributed by atoms with Crippen LogP contribution in [0.25, 0.3) is 0 Å². The van der Waals surface area contributed by atoms with Crippen LogP contribution in [-0.2, 0) is 4.79 Å². The van der Waals surface area contributed by atoms with Gasteiger partial charge < -0.3 is 9.84 Å². The molecule has 2 N–H and O–H groups in total. The maximum absolute atomic E-state index is 11.1. The van der Waals surface area contributed by atoms with Gasteiger partial charge in [0.05, 0.1) is 7.11 Å². The zero-order valence-corrected chi connectivity index (χ0v) is 9.73. The molecule has 0 amide bonds. The predicted molar refractivity (Wildman–Crippen MR) is 61.6 cm³/mol. The summed E-state index contributed by atoms with van der Waals surface area (Å²) in [5.74, 6) is -0.156. The van der Waals surface area contributed by atoms with E-state index in [1.165, 1.54) is 0 Å². The number of hydrogen-bond acceptors (Lipinski definition) is 3. The van der Waals surface area contributed by atoms with E-state index >= 15 is 0 Å². The molecule has 0 saturated carbocycles. The van der Waals surface area contributed by atoms with Crippen molar-refractivity contribution in [3.05, 3.63) is 29.8 Å². The summed E-state index contributed by atoms with van der Waals surface area (Å²) in [6, 6.07) is 6.47. The van der Waals surface area contributed by atoms with Crippen molar-refractivity contribution in [3.63, 3.8) is 0 Å². The molecule has 0 heterocycles. The van der Waals surface area contributed by atoms with E-state index < -0.39 is 12.0 Å². The zero-order chi connectivity index (χ0) is 12.1. The first-order valence-electron chi connectivity index (χ1n) is 5.17. The quantitative estimate of drug-likeness (QED) is 0.799. The number of aliphatic carboxylic acids is 1. The highest BCUT2D eigenvalue weighted by Gasteiger charge is 2.19. The number of carboxylic acid groups (broad SMARTS) is 1. The topological polar surface area (TPSA) is 58.6 Å². The molecule has 4 nitrogen and oxygen atoms in total. The van der Waals surface area contributed by atoms with Crippen molar-refractivity contribution in [3.8, 4) is 5.75 Å². The minimum Gasteiger partial charge on any atom is -0.497 e. The van der Waals surface area contributed by atoms with Crippen LogP contribution < -0.4 is 10.1 Å². The number of rotatable bonds is 5. The Balaban J connectivity index is 2.88. The van der Waals surface area contributed by atoms with Crippen LogP contribution >= 0.6 is 0 Å². The number of carboxylic acids is 1.